The topological polar surface area (TPSA) is 60.6 Å². The monoisotopic (exact) mass is 441 g/mol. The van der Waals surface area contributed by atoms with E-state index in [9.17, 15) is 4.79 Å². The van der Waals surface area contributed by atoms with Gasteiger partial charge in [0, 0.05) is 16.1 Å². The lowest BCUT2D eigenvalue weighted by molar-refractivity contribution is 0.0521. The van der Waals surface area contributed by atoms with Crippen LogP contribution in [-0.4, -0.2) is 31.8 Å². The van der Waals surface area contributed by atoms with Gasteiger partial charge in [-0.25, -0.2) is 4.79 Å². The first-order valence-corrected chi connectivity index (χ1v) is 10.8. The van der Waals surface area contributed by atoms with E-state index in [1.54, 1.807) is 21.1 Å². The molecule has 0 unspecified atom stereocenters. The quantitative estimate of drug-likeness (QED) is 0.415. The van der Waals surface area contributed by atoms with E-state index < -0.39 is 5.97 Å². The van der Waals surface area contributed by atoms with Crippen molar-refractivity contribution in [2.45, 2.75) is 33.6 Å². The summed E-state index contributed by atoms with van der Waals surface area (Å²) in [6.45, 7) is 6.18. The molecular formula is C25H28ClNO4. The highest BCUT2D eigenvalue weighted by molar-refractivity contribution is 6.33. The number of nitrogens with one attached hydrogen (secondary N) is 1. The highest BCUT2D eigenvalue weighted by atomic mass is 35.5. The van der Waals surface area contributed by atoms with Crippen molar-refractivity contribution in [1.82, 2.24) is 4.98 Å². The Kier molecular flexibility index (Phi) is 7.29. The molecule has 0 bridgehead atoms. The number of halogens is 1. The largest absolute Gasteiger partial charge is 0.496 e. The second kappa shape index (κ2) is 9.92. The van der Waals surface area contributed by atoms with Crippen molar-refractivity contribution < 1.29 is 19.0 Å². The number of hydrogen-bond acceptors (Lipinski definition) is 4. The van der Waals surface area contributed by atoms with Crippen LogP contribution in [-0.2, 0) is 17.6 Å². The molecule has 0 amide bonds. The Hall–Kier alpha value is -2.92. The van der Waals surface area contributed by atoms with Crippen LogP contribution in [0.1, 0.15) is 42.4 Å². The smallest absolute Gasteiger partial charge is 0.355 e. The van der Waals surface area contributed by atoms with E-state index in [0.29, 0.717) is 28.6 Å². The van der Waals surface area contributed by atoms with Crippen molar-refractivity contribution in [1.29, 1.82) is 0 Å². The first-order valence-electron chi connectivity index (χ1n) is 10.4. The van der Waals surface area contributed by atoms with E-state index in [4.69, 9.17) is 25.8 Å². The lowest BCUT2D eigenvalue weighted by atomic mass is 9.94. The van der Waals surface area contributed by atoms with Gasteiger partial charge < -0.3 is 19.2 Å². The third-order valence-electron chi connectivity index (χ3n) is 5.33. The van der Waals surface area contributed by atoms with E-state index >= 15 is 0 Å². The Morgan fingerprint density at radius 3 is 2.16 bits per heavy atom. The number of methoxy groups -OCH3 is 2. The Morgan fingerprint density at radius 2 is 1.65 bits per heavy atom. The maximum absolute atomic E-state index is 12.9. The van der Waals surface area contributed by atoms with Crippen LogP contribution in [0.15, 0.2) is 36.4 Å². The van der Waals surface area contributed by atoms with Crippen LogP contribution in [0.2, 0.25) is 5.02 Å². The molecule has 0 spiro atoms. The summed E-state index contributed by atoms with van der Waals surface area (Å²) in [6.07, 6.45) is 1.54. The Morgan fingerprint density at radius 1 is 0.968 bits per heavy atom. The van der Waals surface area contributed by atoms with Crippen LogP contribution in [0.25, 0.3) is 22.4 Å². The summed E-state index contributed by atoms with van der Waals surface area (Å²) < 4.78 is 16.6. The molecule has 0 aliphatic heterocycles. The molecular weight excluding hydrogens is 414 g/mol. The molecule has 0 saturated carbocycles. The third kappa shape index (κ3) is 4.28. The maximum Gasteiger partial charge on any atom is 0.355 e. The molecule has 0 aliphatic rings. The first-order chi connectivity index (χ1) is 15.0. The van der Waals surface area contributed by atoms with Crippen LogP contribution in [0.3, 0.4) is 0 Å². The lowest BCUT2D eigenvalue weighted by Crippen LogP contribution is -2.07. The average molecular weight is 442 g/mol. The van der Waals surface area contributed by atoms with Crippen molar-refractivity contribution in [2.75, 3.05) is 20.8 Å². The fraction of sp³-hybridized carbons (Fsp3) is 0.320. The molecule has 3 rings (SSSR count). The number of esters is 1. The van der Waals surface area contributed by atoms with E-state index in [0.717, 1.165) is 39.9 Å². The average Bonchev–Trinajstić information content (AvgIpc) is 3.17. The molecule has 0 saturated heterocycles. The number of hydrogen-bond donors (Lipinski definition) is 1. The number of benzene rings is 2. The molecule has 5 nitrogen and oxygen atoms in total. The Bertz CT molecular complexity index is 1070. The van der Waals surface area contributed by atoms with Crippen molar-refractivity contribution >= 4 is 17.6 Å². The van der Waals surface area contributed by atoms with Crippen LogP contribution in [0.4, 0.5) is 0 Å². The summed E-state index contributed by atoms with van der Waals surface area (Å²) in [6, 6.07) is 11.5. The molecule has 1 aromatic heterocycles. The molecule has 0 fully saturated rings. The van der Waals surface area contributed by atoms with Crippen molar-refractivity contribution in [2.24, 2.45) is 0 Å². The second-order valence-electron chi connectivity index (χ2n) is 7.01. The minimum Gasteiger partial charge on any atom is -0.496 e. The molecule has 0 aliphatic carbocycles. The van der Waals surface area contributed by atoms with Gasteiger partial charge in [-0.1, -0.05) is 43.6 Å². The summed E-state index contributed by atoms with van der Waals surface area (Å²) in [5, 5.41) is 0.595. The number of ether oxygens (including phenoxy) is 3. The summed E-state index contributed by atoms with van der Waals surface area (Å²) in [5.74, 6) is 0.859. The number of carbonyl (C=O) groups excluding carboxylic acids is 1. The highest BCUT2D eigenvalue weighted by Gasteiger charge is 2.28. The SMILES string of the molecule is CCOC(=O)c1[nH]c(-c2c(OC)cccc2OC)c(CC)c1-c1ccc(CC)cc1Cl. The third-order valence-corrected chi connectivity index (χ3v) is 5.64. The number of carbonyl (C=O) groups is 1. The summed E-state index contributed by atoms with van der Waals surface area (Å²) >= 11 is 6.68. The minimum absolute atomic E-state index is 0.272. The standard InChI is InChI=1S/C25H28ClNO4/c1-6-15-12-13-17(18(26)14-15)21-16(7-2)23(27-24(21)25(28)31-8-3)22-19(29-4)10-9-11-20(22)30-5/h9-14,27H,6-8H2,1-5H3. The predicted molar refractivity (Wildman–Crippen MR) is 124 cm³/mol. The summed E-state index contributed by atoms with van der Waals surface area (Å²) in [5.41, 5.74) is 5.48. The van der Waals surface area contributed by atoms with Gasteiger partial charge in [0.05, 0.1) is 32.1 Å². The molecule has 0 atom stereocenters. The van der Waals surface area contributed by atoms with Gasteiger partial charge in [0.25, 0.3) is 0 Å². The molecule has 3 aromatic rings. The number of aromatic amines is 1. The van der Waals surface area contributed by atoms with Crippen LogP contribution in [0.5, 0.6) is 11.5 Å². The molecule has 6 heteroatoms. The van der Waals surface area contributed by atoms with Crippen molar-refractivity contribution in [3.63, 3.8) is 0 Å². The van der Waals surface area contributed by atoms with Gasteiger partial charge >= 0.3 is 5.97 Å². The summed E-state index contributed by atoms with van der Waals surface area (Å²) in [7, 11) is 3.22. The summed E-state index contributed by atoms with van der Waals surface area (Å²) in [4.78, 5) is 16.2. The van der Waals surface area contributed by atoms with Gasteiger partial charge in [-0.2, -0.15) is 0 Å². The lowest BCUT2D eigenvalue weighted by Gasteiger charge is -2.14. The number of rotatable bonds is 8. The zero-order valence-electron chi connectivity index (χ0n) is 18.6. The molecule has 2 aromatic carbocycles. The van der Waals surface area contributed by atoms with Crippen molar-refractivity contribution in [3.05, 3.63) is 58.2 Å². The minimum atomic E-state index is -0.428. The van der Waals surface area contributed by atoms with Gasteiger partial charge in [-0.3, -0.25) is 0 Å². The van der Waals surface area contributed by atoms with E-state index in [1.807, 2.05) is 43.3 Å². The number of H-pyrrole nitrogens is 1. The van der Waals surface area contributed by atoms with Crippen molar-refractivity contribution in [3.8, 4) is 33.9 Å². The fourth-order valence-corrected chi connectivity index (χ4v) is 4.14. The van der Waals surface area contributed by atoms with Gasteiger partial charge in [-0.05, 0) is 49.1 Å². The second-order valence-corrected chi connectivity index (χ2v) is 7.42. The fourth-order valence-electron chi connectivity index (χ4n) is 3.84. The van der Waals surface area contributed by atoms with Gasteiger partial charge in [0.2, 0.25) is 0 Å². The Balaban J connectivity index is 2.37. The predicted octanol–water partition coefficient (Wildman–Crippen LogP) is 6.32. The van der Waals surface area contributed by atoms with Crippen LogP contribution >= 0.6 is 11.6 Å². The van der Waals surface area contributed by atoms with Gasteiger partial charge in [0.1, 0.15) is 17.2 Å². The Labute approximate surface area is 188 Å². The zero-order valence-corrected chi connectivity index (χ0v) is 19.4. The van der Waals surface area contributed by atoms with Crippen LogP contribution < -0.4 is 9.47 Å². The van der Waals surface area contributed by atoms with Gasteiger partial charge in [-0.15, -0.1) is 0 Å². The number of aryl methyl sites for hydroxylation is 1. The normalized spacial score (nSPS) is 10.8. The highest BCUT2D eigenvalue weighted by Crippen LogP contribution is 2.45. The maximum atomic E-state index is 12.9. The molecule has 164 valence electrons. The van der Waals surface area contributed by atoms with Crippen LogP contribution in [0, 0.1) is 0 Å². The van der Waals surface area contributed by atoms with Gasteiger partial charge in [0.15, 0.2) is 0 Å². The zero-order chi connectivity index (χ0) is 22.5. The molecule has 1 N–H and O–H groups in total. The van der Waals surface area contributed by atoms with E-state index in [2.05, 4.69) is 11.9 Å². The first kappa shape index (κ1) is 22.8. The van der Waals surface area contributed by atoms with E-state index in [-0.39, 0.29) is 6.61 Å². The molecule has 0 radical (unpaired) electrons. The van der Waals surface area contributed by atoms with E-state index in [1.165, 1.54) is 0 Å². The molecule has 1 heterocycles. The number of aromatic nitrogens is 1. The molecule has 31 heavy (non-hydrogen) atoms.